The molecule has 3 nitrogen and oxygen atoms in total. The lowest BCUT2D eigenvalue weighted by Crippen LogP contribution is -2.05. The van der Waals surface area contributed by atoms with Crippen LogP contribution in [0, 0.1) is 6.92 Å². The molecule has 0 aliphatic rings. The van der Waals surface area contributed by atoms with E-state index in [1.165, 1.54) is 18.6 Å². The molecule has 1 aromatic heterocycles. The molecule has 0 aliphatic heterocycles. The summed E-state index contributed by atoms with van der Waals surface area (Å²) in [6.45, 7) is 1.92. The fourth-order valence-electron chi connectivity index (χ4n) is 1.36. The lowest BCUT2D eigenvalue weighted by atomic mass is 10.1. The van der Waals surface area contributed by atoms with Crippen LogP contribution in [0.3, 0.4) is 0 Å². The minimum Gasteiger partial charge on any atom is -0.287 e. The van der Waals surface area contributed by atoms with E-state index in [0.29, 0.717) is 16.3 Å². The van der Waals surface area contributed by atoms with Gasteiger partial charge in [-0.1, -0.05) is 17.7 Å². The van der Waals surface area contributed by atoms with Crippen LogP contribution in [-0.2, 0) is 0 Å². The fraction of sp³-hybridized carbons (Fsp3) is 0.0833. The molecular formula is C12H9ClN2O. The summed E-state index contributed by atoms with van der Waals surface area (Å²) in [7, 11) is 0. The zero-order chi connectivity index (χ0) is 11.5. The van der Waals surface area contributed by atoms with Gasteiger partial charge >= 0.3 is 0 Å². The van der Waals surface area contributed by atoms with Crippen LogP contribution in [0.1, 0.15) is 21.6 Å². The number of hydrogen-bond acceptors (Lipinski definition) is 3. The van der Waals surface area contributed by atoms with E-state index in [9.17, 15) is 4.79 Å². The normalized spacial score (nSPS) is 10.1. The average molecular weight is 233 g/mol. The SMILES string of the molecule is Cc1ccc(C(=O)c2cnccn2)c(Cl)c1. The monoisotopic (exact) mass is 232 g/mol. The molecule has 2 rings (SSSR count). The van der Waals surface area contributed by atoms with Crippen molar-refractivity contribution in [2.45, 2.75) is 6.92 Å². The van der Waals surface area contributed by atoms with E-state index in [1.807, 2.05) is 13.0 Å². The van der Waals surface area contributed by atoms with Gasteiger partial charge < -0.3 is 0 Å². The van der Waals surface area contributed by atoms with Crippen molar-refractivity contribution in [1.29, 1.82) is 0 Å². The summed E-state index contributed by atoms with van der Waals surface area (Å²) in [5.74, 6) is -0.210. The molecule has 0 saturated heterocycles. The molecule has 0 bridgehead atoms. The number of nitrogens with zero attached hydrogens (tertiary/aromatic N) is 2. The summed E-state index contributed by atoms with van der Waals surface area (Å²) in [5, 5.41) is 0.440. The molecule has 0 spiro atoms. The number of ketones is 1. The Labute approximate surface area is 98.1 Å². The van der Waals surface area contributed by atoms with E-state index >= 15 is 0 Å². The van der Waals surface area contributed by atoms with Crippen LogP contribution in [-0.4, -0.2) is 15.8 Å². The van der Waals surface area contributed by atoms with E-state index in [-0.39, 0.29) is 5.78 Å². The lowest BCUT2D eigenvalue weighted by molar-refractivity contribution is 0.103. The number of aromatic nitrogens is 2. The second-order valence-electron chi connectivity index (χ2n) is 3.40. The Hall–Kier alpha value is -1.74. The summed E-state index contributed by atoms with van der Waals surface area (Å²) in [4.78, 5) is 19.8. The van der Waals surface area contributed by atoms with Crippen LogP contribution in [0.5, 0.6) is 0 Å². The van der Waals surface area contributed by atoms with E-state index in [4.69, 9.17) is 11.6 Å². The van der Waals surface area contributed by atoms with Gasteiger partial charge in [-0.3, -0.25) is 9.78 Å². The minimum absolute atomic E-state index is 0.210. The van der Waals surface area contributed by atoms with Crippen LogP contribution in [0.15, 0.2) is 36.8 Å². The molecule has 0 amide bonds. The molecule has 2 aromatic rings. The Morgan fingerprint density at radius 3 is 2.75 bits per heavy atom. The Morgan fingerprint density at radius 2 is 2.12 bits per heavy atom. The third-order valence-electron chi connectivity index (χ3n) is 2.17. The van der Waals surface area contributed by atoms with Crippen molar-refractivity contribution in [3.05, 3.63) is 58.6 Å². The molecule has 0 saturated carbocycles. The molecule has 1 heterocycles. The molecule has 0 atom stereocenters. The second kappa shape index (κ2) is 4.41. The molecule has 0 fully saturated rings. The van der Waals surface area contributed by atoms with E-state index < -0.39 is 0 Å². The summed E-state index contributed by atoms with van der Waals surface area (Å²) in [6.07, 6.45) is 4.43. The van der Waals surface area contributed by atoms with Crippen molar-refractivity contribution in [2.24, 2.45) is 0 Å². The van der Waals surface area contributed by atoms with Gasteiger partial charge in [0.05, 0.1) is 11.2 Å². The van der Waals surface area contributed by atoms with Crippen molar-refractivity contribution in [3.63, 3.8) is 0 Å². The highest BCUT2D eigenvalue weighted by Gasteiger charge is 2.13. The lowest BCUT2D eigenvalue weighted by Gasteiger charge is -2.03. The molecule has 16 heavy (non-hydrogen) atoms. The number of rotatable bonds is 2. The van der Waals surface area contributed by atoms with Crippen molar-refractivity contribution in [1.82, 2.24) is 9.97 Å². The number of aryl methyl sites for hydroxylation is 1. The minimum atomic E-state index is -0.210. The molecule has 1 aromatic carbocycles. The quantitative estimate of drug-likeness (QED) is 0.748. The zero-order valence-electron chi connectivity index (χ0n) is 8.64. The van der Waals surface area contributed by atoms with Gasteiger partial charge in [0.2, 0.25) is 5.78 Å². The summed E-state index contributed by atoms with van der Waals surface area (Å²) < 4.78 is 0. The van der Waals surface area contributed by atoms with E-state index in [1.54, 1.807) is 12.1 Å². The summed E-state index contributed by atoms with van der Waals surface area (Å²) in [5.41, 5.74) is 1.77. The molecule has 0 radical (unpaired) electrons. The zero-order valence-corrected chi connectivity index (χ0v) is 9.40. The highest BCUT2D eigenvalue weighted by Crippen LogP contribution is 2.19. The smallest absolute Gasteiger partial charge is 0.214 e. The fourth-order valence-corrected chi connectivity index (χ4v) is 1.68. The molecule has 80 valence electrons. The van der Waals surface area contributed by atoms with E-state index in [0.717, 1.165) is 5.56 Å². The van der Waals surface area contributed by atoms with Gasteiger partial charge in [0.15, 0.2) is 0 Å². The van der Waals surface area contributed by atoms with Gasteiger partial charge in [0.25, 0.3) is 0 Å². The summed E-state index contributed by atoms with van der Waals surface area (Å²) >= 11 is 6.01. The average Bonchev–Trinajstić information content (AvgIpc) is 2.29. The second-order valence-corrected chi connectivity index (χ2v) is 3.81. The van der Waals surface area contributed by atoms with Crippen LogP contribution < -0.4 is 0 Å². The number of benzene rings is 1. The third-order valence-corrected chi connectivity index (χ3v) is 2.48. The topological polar surface area (TPSA) is 42.9 Å². The van der Waals surface area contributed by atoms with Gasteiger partial charge in [-0.2, -0.15) is 0 Å². The van der Waals surface area contributed by atoms with Crippen LogP contribution in [0.2, 0.25) is 5.02 Å². The first-order valence-electron chi connectivity index (χ1n) is 4.75. The van der Waals surface area contributed by atoms with Gasteiger partial charge in [0, 0.05) is 18.0 Å². The van der Waals surface area contributed by atoms with Gasteiger partial charge in [0.1, 0.15) is 5.69 Å². The number of hydrogen-bond donors (Lipinski definition) is 0. The Morgan fingerprint density at radius 1 is 1.31 bits per heavy atom. The van der Waals surface area contributed by atoms with Gasteiger partial charge in [-0.25, -0.2) is 4.98 Å². The maximum absolute atomic E-state index is 12.0. The number of halogens is 1. The van der Waals surface area contributed by atoms with Crippen molar-refractivity contribution in [3.8, 4) is 0 Å². The maximum atomic E-state index is 12.0. The first-order valence-corrected chi connectivity index (χ1v) is 5.13. The Bertz CT molecular complexity index is 526. The predicted octanol–water partition coefficient (Wildman–Crippen LogP) is 2.67. The van der Waals surface area contributed by atoms with Crippen LogP contribution >= 0.6 is 11.6 Å². The van der Waals surface area contributed by atoms with Gasteiger partial charge in [-0.15, -0.1) is 0 Å². The number of carbonyl (C=O) groups is 1. The van der Waals surface area contributed by atoms with Gasteiger partial charge in [-0.05, 0) is 24.6 Å². The molecule has 0 aliphatic carbocycles. The van der Waals surface area contributed by atoms with Crippen LogP contribution in [0.25, 0.3) is 0 Å². The van der Waals surface area contributed by atoms with E-state index in [2.05, 4.69) is 9.97 Å². The van der Waals surface area contributed by atoms with Crippen molar-refractivity contribution in [2.75, 3.05) is 0 Å². The first kappa shape index (κ1) is 10.8. The third kappa shape index (κ3) is 2.09. The standard InChI is InChI=1S/C12H9ClN2O/c1-8-2-3-9(10(13)6-8)12(16)11-7-14-4-5-15-11/h2-7H,1H3. The Balaban J connectivity index is 2.42. The molecular weight excluding hydrogens is 224 g/mol. The number of carbonyl (C=O) groups excluding carboxylic acids is 1. The molecule has 0 N–H and O–H groups in total. The Kier molecular flexibility index (Phi) is 2.97. The summed E-state index contributed by atoms with van der Waals surface area (Å²) in [6, 6.07) is 5.30. The highest BCUT2D eigenvalue weighted by molar-refractivity contribution is 6.34. The van der Waals surface area contributed by atoms with Crippen molar-refractivity contribution >= 4 is 17.4 Å². The van der Waals surface area contributed by atoms with Crippen molar-refractivity contribution < 1.29 is 4.79 Å². The largest absolute Gasteiger partial charge is 0.287 e. The molecule has 4 heteroatoms. The predicted molar refractivity (Wildman–Crippen MR) is 61.7 cm³/mol. The van der Waals surface area contributed by atoms with Crippen LogP contribution in [0.4, 0.5) is 0 Å². The maximum Gasteiger partial charge on any atom is 0.214 e. The highest BCUT2D eigenvalue weighted by atomic mass is 35.5. The molecule has 0 unspecified atom stereocenters. The first-order chi connectivity index (χ1) is 7.68.